The van der Waals surface area contributed by atoms with Crippen LogP contribution in [-0.2, 0) is 11.2 Å². The number of nitriles is 1. The van der Waals surface area contributed by atoms with Gasteiger partial charge in [-0.25, -0.2) is 0 Å². The summed E-state index contributed by atoms with van der Waals surface area (Å²) in [6, 6.07) is 9.50. The summed E-state index contributed by atoms with van der Waals surface area (Å²) in [6.07, 6.45) is 2.32. The Morgan fingerprint density at radius 1 is 1.26 bits per heavy atom. The quantitative estimate of drug-likeness (QED) is 0.419. The van der Waals surface area contributed by atoms with E-state index in [4.69, 9.17) is 4.74 Å². The highest BCUT2D eigenvalue weighted by atomic mass is 16.5. The van der Waals surface area contributed by atoms with E-state index in [1.165, 1.54) is 0 Å². The predicted molar refractivity (Wildman–Crippen MR) is 115 cm³/mol. The van der Waals surface area contributed by atoms with Crippen LogP contribution in [0.4, 0.5) is 0 Å². The van der Waals surface area contributed by atoms with Gasteiger partial charge in [-0.3, -0.25) is 14.7 Å². The van der Waals surface area contributed by atoms with Crippen molar-refractivity contribution in [3.63, 3.8) is 0 Å². The van der Waals surface area contributed by atoms with Gasteiger partial charge >= 0.3 is 0 Å². The minimum absolute atomic E-state index is 0.159. The highest BCUT2D eigenvalue weighted by molar-refractivity contribution is 6.01. The molecule has 0 saturated carbocycles. The summed E-state index contributed by atoms with van der Waals surface area (Å²) in [5, 5.41) is 22.3. The fourth-order valence-electron chi connectivity index (χ4n) is 3.39. The zero-order valence-electron chi connectivity index (χ0n) is 17.7. The minimum atomic E-state index is -0.779. The number of rotatable bonds is 9. The van der Waals surface area contributed by atoms with Crippen LogP contribution in [-0.4, -0.2) is 46.2 Å². The van der Waals surface area contributed by atoms with Crippen LogP contribution in [0.1, 0.15) is 36.5 Å². The molecular formula is C22H26N6O3. The topological polar surface area (TPSA) is 136 Å². The lowest BCUT2D eigenvalue weighted by Gasteiger charge is -2.21. The normalized spacial score (nSPS) is 12.9. The summed E-state index contributed by atoms with van der Waals surface area (Å²) in [4.78, 5) is 28.8. The van der Waals surface area contributed by atoms with E-state index in [0.717, 1.165) is 16.6 Å². The van der Waals surface area contributed by atoms with Gasteiger partial charge in [0.25, 0.3) is 5.91 Å². The van der Waals surface area contributed by atoms with Crippen molar-refractivity contribution in [2.24, 2.45) is 5.92 Å². The first-order chi connectivity index (χ1) is 14.9. The molecule has 1 aromatic carbocycles. The first kappa shape index (κ1) is 21.9. The average Bonchev–Trinajstić information content (AvgIpc) is 3.41. The Bertz CT molecular complexity index is 1080. The Balaban J connectivity index is 1.73. The van der Waals surface area contributed by atoms with Crippen molar-refractivity contribution in [2.75, 3.05) is 7.11 Å². The number of ether oxygens (including phenoxy) is 1. The highest BCUT2D eigenvalue weighted by Gasteiger charge is 2.25. The first-order valence-electron chi connectivity index (χ1n) is 10.1. The molecule has 2 heterocycles. The largest absolute Gasteiger partial charge is 0.496 e. The van der Waals surface area contributed by atoms with Gasteiger partial charge in [-0.1, -0.05) is 19.9 Å². The zero-order valence-corrected chi connectivity index (χ0v) is 17.7. The van der Waals surface area contributed by atoms with E-state index in [9.17, 15) is 14.9 Å². The molecule has 0 saturated heterocycles. The van der Waals surface area contributed by atoms with E-state index in [2.05, 4.69) is 31.9 Å². The molecule has 0 aliphatic carbocycles. The number of aromatic nitrogens is 3. The van der Waals surface area contributed by atoms with Crippen LogP contribution in [0, 0.1) is 17.2 Å². The second-order valence-corrected chi connectivity index (χ2v) is 7.74. The fourth-order valence-corrected chi connectivity index (χ4v) is 3.39. The van der Waals surface area contributed by atoms with Crippen LogP contribution in [0.5, 0.6) is 5.75 Å². The third-order valence-corrected chi connectivity index (χ3v) is 4.87. The van der Waals surface area contributed by atoms with Crippen LogP contribution < -0.4 is 15.4 Å². The minimum Gasteiger partial charge on any atom is -0.496 e. The number of carbonyl (C=O) groups is 2. The maximum atomic E-state index is 12.9. The van der Waals surface area contributed by atoms with Crippen molar-refractivity contribution >= 4 is 22.7 Å². The number of hydrogen-bond acceptors (Lipinski definition) is 5. The number of benzene rings is 1. The second kappa shape index (κ2) is 9.80. The van der Waals surface area contributed by atoms with Crippen LogP contribution in [0.25, 0.3) is 10.9 Å². The van der Waals surface area contributed by atoms with Crippen molar-refractivity contribution in [2.45, 2.75) is 38.8 Å². The van der Waals surface area contributed by atoms with E-state index in [0.29, 0.717) is 24.3 Å². The number of aromatic amines is 2. The average molecular weight is 422 g/mol. The molecular weight excluding hydrogens is 396 g/mol. The van der Waals surface area contributed by atoms with E-state index < -0.39 is 23.9 Å². The summed E-state index contributed by atoms with van der Waals surface area (Å²) in [5.74, 6) is 0.00915. The lowest BCUT2D eigenvalue weighted by molar-refractivity contribution is -0.123. The Labute approximate surface area is 180 Å². The Morgan fingerprint density at radius 3 is 2.71 bits per heavy atom. The van der Waals surface area contributed by atoms with Gasteiger partial charge in [-0.15, -0.1) is 0 Å². The van der Waals surface area contributed by atoms with Crippen LogP contribution >= 0.6 is 0 Å². The summed E-state index contributed by atoms with van der Waals surface area (Å²) in [6.45, 7) is 3.93. The molecule has 0 spiro atoms. The van der Waals surface area contributed by atoms with Gasteiger partial charge < -0.3 is 20.4 Å². The van der Waals surface area contributed by atoms with Gasteiger partial charge in [0.15, 0.2) is 0 Å². The second-order valence-electron chi connectivity index (χ2n) is 7.74. The van der Waals surface area contributed by atoms with Crippen molar-refractivity contribution in [1.29, 1.82) is 5.26 Å². The molecule has 0 aliphatic heterocycles. The Hall–Kier alpha value is -3.80. The van der Waals surface area contributed by atoms with E-state index in [-0.39, 0.29) is 5.92 Å². The molecule has 9 nitrogen and oxygen atoms in total. The molecule has 162 valence electrons. The van der Waals surface area contributed by atoms with Gasteiger partial charge in [-0.05, 0) is 36.6 Å². The lowest BCUT2D eigenvalue weighted by atomic mass is 10.0. The number of amides is 2. The zero-order chi connectivity index (χ0) is 22.4. The SMILES string of the molecule is COc1cccc2[nH]c(C(=O)NC(CC(C)C)C(=O)NC(C#N)Cc3ccn[nH]3)cc12. The van der Waals surface area contributed by atoms with Crippen molar-refractivity contribution in [1.82, 2.24) is 25.8 Å². The summed E-state index contributed by atoms with van der Waals surface area (Å²) in [5.41, 5.74) is 1.83. The Kier molecular flexibility index (Phi) is 6.92. The maximum absolute atomic E-state index is 12.9. The molecule has 2 aromatic heterocycles. The van der Waals surface area contributed by atoms with E-state index in [1.807, 2.05) is 32.0 Å². The number of carbonyl (C=O) groups excluding carboxylic acids is 2. The third kappa shape index (κ3) is 5.42. The molecule has 0 bridgehead atoms. The summed E-state index contributed by atoms with van der Waals surface area (Å²) < 4.78 is 5.34. The molecule has 0 aliphatic rings. The van der Waals surface area contributed by atoms with Gasteiger partial charge in [0.05, 0.1) is 13.2 Å². The summed E-state index contributed by atoms with van der Waals surface area (Å²) >= 11 is 0. The van der Waals surface area contributed by atoms with Crippen molar-refractivity contribution in [3.8, 4) is 11.8 Å². The lowest BCUT2D eigenvalue weighted by Crippen LogP contribution is -2.50. The molecule has 31 heavy (non-hydrogen) atoms. The van der Waals surface area contributed by atoms with Crippen LogP contribution in [0.15, 0.2) is 36.5 Å². The van der Waals surface area contributed by atoms with Gasteiger partial charge in [-0.2, -0.15) is 10.4 Å². The van der Waals surface area contributed by atoms with Crippen molar-refractivity contribution < 1.29 is 14.3 Å². The van der Waals surface area contributed by atoms with E-state index >= 15 is 0 Å². The van der Waals surface area contributed by atoms with Gasteiger partial charge in [0, 0.05) is 29.2 Å². The third-order valence-electron chi connectivity index (χ3n) is 4.87. The first-order valence-corrected chi connectivity index (χ1v) is 10.1. The molecule has 3 aromatic rings. The predicted octanol–water partition coefficient (Wildman–Crippen LogP) is 2.30. The highest BCUT2D eigenvalue weighted by Crippen LogP contribution is 2.26. The fraction of sp³-hybridized carbons (Fsp3) is 0.364. The number of nitrogens with zero attached hydrogens (tertiary/aromatic N) is 2. The number of H-pyrrole nitrogens is 2. The maximum Gasteiger partial charge on any atom is 0.268 e. The molecule has 0 fully saturated rings. The molecule has 4 N–H and O–H groups in total. The number of fused-ring (bicyclic) bond motifs is 1. The van der Waals surface area contributed by atoms with Gasteiger partial charge in [0.2, 0.25) is 5.91 Å². The number of nitrogens with one attached hydrogen (secondary N) is 4. The van der Waals surface area contributed by atoms with E-state index in [1.54, 1.807) is 25.4 Å². The monoisotopic (exact) mass is 422 g/mol. The molecule has 9 heteroatoms. The smallest absolute Gasteiger partial charge is 0.268 e. The van der Waals surface area contributed by atoms with Crippen molar-refractivity contribution in [3.05, 3.63) is 47.9 Å². The van der Waals surface area contributed by atoms with Gasteiger partial charge in [0.1, 0.15) is 23.5 Å². The molecule has 0 radical (unpaired) electrons. The molecule has 2 atom stereocenters. The standard InChI is InChI=1S/C22H26N6O3/c1-13(2)9-18(21(29)25-15(12-23)10-14-7-8-24-28-14)27-22(30)19-11-16-17(26-19)5-4-6-20(16)31-3/h4-8,11,13,15,18,26H,9-10H2,1-3H3,(H,24,28)(H,25,29)(H,27,30). The molecule has 2 unspecified atom stereocenters. The number of methoxy groups -OCH3 is 1. The van der Waals surface area contributed by atoms with Crippen LogP contribution in [0.3, 0.4) is 0 Å². The number of hydrogen-bond donors (Lipinski definition) is 4. The van der Waals surface area contributed by atoms with Crippen LogP contribution in [0.2, 0.25) is 0 Å². The summed E-state index contributed by atoms with van der Waals surface area (Å²) in [7, 11) is 1.57. The Morgan fingerprint density at radius 2 is 2.06 bits per heavy atom. The molecule has 3 rings (SSSR count). The molecule has 2 amide bonds.